The predicted octanol–water partition coefficient (Wildman–Crippen LogP) is 0.636. The molecular weight excluding hydrogens is 143 g/mol. The Balaban J connectivity index is 2.47. The third kappa shape index (κ3) is 1.91. The van der Waals surface area contributed by atoms with Crippen molar-refractivity contribution in [3.63, 3.8) is 0 Å². The first-order chi connectivity index (χ1) is 5.15. The second kappa shape index (κ2) is 3.50. The number of hydrogen-bond donors (Lipinski definition) is 1. The average molecular weight is 160 g/mol. The van der Waals surface area contributed by atoms with Gasteiger partial charge in [-0.25, -0.2) is 4.39 Å². The Bertz CT molecular complexity index is 117. The van der Waals surface area contributed by atoms with E-state index in [4.69, 9.17) is 0 Å². The molecule has 0 aromatic carbocycles. The van der Waals surface area contributed by atoms with Crippen LogP contribution in [0.25, 0.3) is 0 Å². The minimum Gasteiger partial charge on any atom is -0.306 e. The number of nitrogens with one attached hydrogen (secondary N) is 1. The van der Waals surface area contributed by atoms with Crippen molar-refractivity contribution in [3.8, 4) is 0 Å². The van der Waals surface area contributed by atoms with Gasteiger partial charge in [-0.05, 0) is 20.9 Å². The Hall–Kier alpha value is -0.150. The van der Waals surface area contributed by atoms with Gasteiger partial charge in [0.25, 0.3) is 0 Å². The molecule has 0 unspecified atom stereocenters. The van der Waals surface area contributed by atoms with Crippen LogP contribution < -0.4 is 5.32 Å². The SMILES string of the molecule is C[C@@H]1N[C@H](CF)CN(C)[C@@H]1C. The summed E-state index contributed by atoms with van der Waals surface area (Å²) in [6.45, 7) is 4.82. The van der Waals surface area contributed by atoms with Crippen LogP contribution in [0.5, 0.6) is 0 Å². The molecule has 2 nitrogen and oxygen atoms in total. The van der Waals surface area contributed by atoms with Gasteiger partial charge in [0, 0.05) is 24.7 Å². The molecule has 3 heteroatoms. The molecule has 1 heterocycles. The fourth-order valence-electron chi connectivity index (χ4n) is 1.55. The van der Waals surface area contributed by atoms with Crippen molar-refractivity contribution in [2.24, 2.45) is 0 Å². The topological polar surface area (TPSA) is 15.3 Å². The number of rotatable bonds is 1. The Morgan fingerprint density at radius 3 is 2.64 bits per heavy atom. The summed E-state index contributed by atoms with van der Waals surface area (Å²) in [5, 5.41) is 3.23. The molecule has 1 rings (SSSR count). The molecule has 0 radical (unpaired) electrons. The smallest absolute Gasteiger partial charge is 0.106 e. The highest BCUT2D eigenvalue weighted by Gasteiger charge is 2.27. The number of halogens is 1. The molecule has 0 bridgehead atoms. The van der Waals surface area contributed by atoms with E-state index in [0.29, 0.717) is 12.1 Å². The van der Waals surface area contributed by atoms with Gasteiger partial charge >= 0.3 is 0 Å². The summed E-state index contributed by atoms with van der Waals surface area (Å²) < 4.78 is 12.3. The number of nitrogens with zero attached hydrogens (tertiary/aromatic N) is 1. The minimum absolute atomic E-state index is 0.0335. The number of likely N-dealkylation sites (N-methyl/N-ethyl adjacent to an activating group) is 1. The van der Waals surface area contributed by atoms with Crippen molar-refractivity contribution in [2.45, 2.75) is 32.0 Å². The quantitative estimate of drug-likeness (QED) is 0.605. The fraction of sp³-hybridized carbons (Fsp3) is 1.00. The van der Waals surface area contributed by atoms with Crippen LogP contribution in [-0.4, -0.2) is 43.3 Å². The van der Waals surface area contributed by atoms with E-state index in [0.717, 1.165) is 6.54 Å². The van der Waals surface area contributed by atoms with Crippen LogP contribution >= 0.6 is 0 Å². The molecule has 0 spiro atoms. The van der Waals surface area contributed by atoms with Gasteiger partial charge in [0.05, 0.1) is 0 Å². The molecule has 1 N–H and O–H groups in total. The lowest BCUT2D eigenvalue weighted by atomic mass is 10.0. The molecule has 1 aliphatic rings. The number of hydrogen-bond acceptors (Lipinski definition) is 2. The highest BCUT2D eigenvalue weighted by Crippen LogP contribution is 2.09. The van der Waals surface area contributed by atoms with E-state index < -0.39 is 0 Å². The van der Waals surface area contributed by atoms with Gasteiger partial charge in [0.1, 0.15) is 6.67 Å². The first-order valence-corrected chi connectivity index (χ1v) is 4.17. The molecule has 1 fully saturated rings. The summed E-state index contributed by atoms with van der Waals surface area (Å²) in [5.41, 5.74) is 0. The van der Waals surface area contributed by atoms with Crippen LogP contribution in [0.4, 0.5) is 4.39 Å². The van der Waals surface area contributed by atoms with Gasteiger partial charge < -0.3 is 10.2 Å². The van der Waals surface area contributed by atoms with Gasteiger partial charge in [-0.3, -0.25) is 0 Å². The van der Waals surface area contributed by atoms with Crippen LogP contribution in [-0.2, 0) is 0 Å². The van der Waals surface area contributed by atoms with E-state index in [1.54, 1.807) is 0 Å². The summed E-state index contributed by atoms with van der Waals surface area (Å²) in [6.07, 6.45) is 0. The van der Waals surface area contributed by atoms with Crippen molar-refractivity contribution in [3.05, 3.63) is 0 Å². The van der Waals surface area contributed by atoms with E-state index in [1.165, 1.54) is 0 Å². The molecule has 0 amide bonds. The molecule has 1 aliphatic heterocycles. The summed E-state index contributed by atoms with van der Waals surface area (Å²) >= 11 is 0. The molecule has 66 valence electrons. The Labute approximate surface area is 67.8 Å². The lowest BCUT2D eigenvalue weighted by Gasteiger charge is -2.40. The van der Waals surface area contributed by atoms with Crippen molar-refractivity contribution >= 4 is 0 Å². The maximum atomic E-state index is 12.3. The van der Waals surface area contributed by atoms with Gasteiger partial charge in [-0.2, -0.15) is 0 Å². The summed E-state index contributed by atoms with van der Waals surface area (Å²) in [7, 11) is 2.05. The van der Waals surface area contributed by atoms with Crippen molar-refractivity contribution < 1.29 is 4.39 Å². The highest BCUT2D eigenvalue weighted by atomic mass is 19.1. The molecular formula is C8H17FN2. The predicted molar refractivity (Wildman–Crippen MR) is 44.5 cm³/mol. The molecule has 1 saturated heterocycles. The van der Waals surface area contributed by atoms with E-state index in [2.05, 4.69) is 24.1 Å². The van der Waals surface area contributed by atoms with Crippen LogP contribution in [0.3, 0.4) is 0 Å². The van der Waals surface area contributed by atoms with Crippen LogP contribution in [0.2, 0.25) is 0 Å². The standard InChI is InChI=1S/C8H17FN2/c1-6-7(2)11(3)5-8(4-9)10-6/h6-8,10H,4-5H2,1-3H3/t6-,7+,8+/m0/s1. The lowest BCUT2D eigenvalue weighted by Crippen LogP contribution is -2.59. The zero-order valence-corrected chi connectivity index (χ0v) is 7.47. The largest absolute Gasteiger partial charge is 0.306 e. The third-order valence-electron chi connectivity index (χ3n) is 2.61. The van der Waals surface area contributed by atoms with Gasteiger partial charge in [0.2, 0.25) is 0 Å². The van der Waals surface area contributed by atoms with E-state index >= 15 is 0 Å². The van der Waals surface area contributed by atoms with Crippen LogP contribution in [0.1, 0.15) is 13.8 Å². The number of alkyl halides is 1. The van der Waals surface area contributed by atoms with Gasteiger partial charge in [-0.15, -0.1) is 0 Å². The first-order valence-electron chi connectivity index (χ1n) is 4.17. The molecule has 0 saturated carbocycles. The Kier molecular flexibility index (Phi) is 2.84. The second-order valence-electron chi connectivity index (χ2n) is 3.49. The Morgan fingerprint density at radius 2 is 2.18 bits per heavy atom. The van der Waals surface area contributed by atoms with Crippen molar-refractivity contribution in [2.75, 3.05) is 20.3 Å². The van der Waals surface area contributed by atoms with E-state index in [-0.39, 0.29) is 12.7 Å². The maximum Gasteiger partial charge on any atom is 0.106 e. The average Bonchev–Trinajstić information content (AvgIpc) is 1.99. The van der Waals surface area contributed by atoms with Gasteiger partial charge in [-0.1, -0.05) is 0 Å². The Morgan fingerprint density at radius 1 is 1.55 bits per heavy atom. The zero-order chi connectivity index (χ0) is 8.43. The molecule has 3 atom stereocenters. The van der Waals surface area contributed by atoms with E-state index in [1.807, 2.05) is 7.05 Å². The summed E-state index contributed by atoms with van der Waals surface area (Å²) in [6, 6.07) is 0.943. The number of piperazine rings is 1. The first kappa shape index (κ1) is 8.94. The van der Waals surface area contributed by atoms with Crippen LogP contribution in [0, 0.1) is 0 Å². The van der Waals surface area contributed by atoms with Crippen molar-refractivity contribution in [1.29, 1.82) is 0 Å². The second-order valence-corrected chi connectivity index (χ2v) is 3.49. The zero-order valence-electron chi connectivity index (χ0n) is 7.47. The molecule has 0 aliphatic carbocycles. The van der Waals surface area contributed by atoms with Crippen LogP contribution in [0.15, 0.2) is 0 Å². The van der Waals surface area contributed by atoms with Gasteiger partial charge in [0.15, 0.2) is 0 Å². The molecule has 0 aromatic rings. The summed E-state index contributed by atoms with van der Waals surface area (Å²) in [5.74, 6) is 0. The van der Waals surface area contributed by atoms with E-state index in [9.17, 15) is 4.39 Å². The molecule has 11 heavy (non-hydrogen) atoms. The summed E-state index contributed by atoms with van der Waals surface area (Å²) in [4.78, 5) is 2.20. The third-order valence-corrected chi connectivity index (χ3v) is 2.61. The molecule has 0 aromatic heterocycles. The highest BCUT2D eigenvalue weighted by molar-refractivity contribution is 4.87. The maximum absolute atomic E-state index is 12.3. The van der Waals surface area contributed by atoms with Crippen molar-refractivity contribution in [1.82, 2.24) is 10.2 Å². The fourth-order valence-corrected chi connectivity index (χ4v) is 1.55. The minimum atomic E-state index is -0.262. The normalized spacial score (nSPS) is 40.9. The lowest BCUT2D eigenvalue weighted by molar-refractivity contribution is 0.122. The monoisotopic (exact) mass is 160 g/mol.